The van der Waals surface area contributed by atoms with Crippen LogP contribution in [-0.4, -0.2) is 17.4 Å². The highest BCUT2D eigenvalue weighted by Crippen LogP contribution is 2.18. The topological polar surface area (TPSA) is 54.4 Å². The minimum atomic E-state index is -1.17. The number of aldehydes is 1. The van der Waals surface area contributed by atoms with Gasteiger partial charge in [0.25, 0.3) is 0 Å². The van der Waals surface area contributed by atoms with Crippen molar-refractivity contribution in [3.05, 3.63) is 21.4 Å². The van der Waals surface area contributed by atoms with Crippen LogP contribution in [0.3, 0.4) is 0 Å². The number of hydrogen-bond acceptors (Lipinski definition) is 3. The van der Waals surface area contributed by atoms with Crippen LogP contribution in [0.2, 0.25) is 0 Å². The van der Waals surface area contributed by atoms with E-state index in [1.807, 2.05) is 5.92 Å². The molecule has 0 aliphatic rings. The van der Waals surface area contributed by atoms with Crippen LogP contribution < -0.4 is 0 Å². The number of aryl methyl sites for hydroxylation is 1. The summed E-state index contributed by atoms with van der Waals surface area (Å²) in [7, 11) is 0. The number of aliphatic carboxylic acids is 1. The first-order valence-electron chi connectivity index (χ1n) is 3.44. The Labute approximate surface area is 79.0 Å². The lowest BCUT2D eigenvalue weighted by molar-refractivity contribution is -0.130. The second kappa shape index (κ2) is 3.87. The molecule has 0 fully saturated rings. The summed E-state index contributed by atoms with van der Waals surface area (Å²) >= 11 is 1.30. The molecule has 0 saturated heterocycles. The van der Waals surface area contributed by atoms with Gasteiger partial charge in [-0.2, -0.15) is 0 Å². The van der Waals surface area contributed by atoms with Gasteiger partial charge < -0.3 is 5.11 Å². The molecule has 0 saturated carbocycles. The molecule has 0 aliphatic heterocycles. The van der Waals surface area contributed by atoms with Crippen molar-refractivity contribution in [1.82, 2.24) is 0 Å². The van der Waals surface area contributed by atoms with Gasteiger partial charge in [0, 0.05) is 16.4 Å². The average molecular weight is 194 g/mol. The molecule has 1 heterocycles. The monoisotopic (exact) mass is 194 g/mol. The molecule has 66 valence electrons. The van der Waals surface area contributed by atoms with E-state index in [9.17, 15) is 9.59 Å². The predicted octanol–water partition coefficient (Wildman–Crippen LogP) is 1.31. The number of hydrogen-bond donors (Lipinski definition) is 1. The van der Waals surface area contributed by atoms with Crippen LogP contribution in [-0.2, 0) is 4.79 Å². The lowest BCUT2D eigenvalue weighted by Gasteiger charge is -1.81. The number of carboxylic acid groups (broad SMARTS) is 1. The first kappa shape index (κ1) is 9.49. The molecule has 0 unspecified atom stereocenters. The van der Waals surface area contributed by atoms with Crippen LogP contribution in [0.4, 0.5) is 0 Å². The number of rotatable bonds is 1. The zero-order valence-electron chi connectivity index (χ0n) is 6.83. The normalized spacial score (nSPS) is 8.69. The van der Waals surface area contributed by atoms with Gasteiger partial charge in [0.2, 0.25) is 0 Å². The molecule has 1 aromatic rings. The SMILES string of the molecule is Cc1sc(C=O)cc1C#CC(=O)O. The molecular formula is C9H6O3S. The Bertz CT molecular complexity index is 406. The van der Waals surface area contributed by atoms with E-state index in [0.29, 0.717) is 10.4 Å². The molecule has 13 heavy (non-hydrogen) atoms. The fourth-order valence-corrected chi connectivity index (χ4v) is 1.61. The van der Waals surface area contributed by atoms with Gasteiger partial charge >= 0.3 is 5.97 Å². The standard InChI is InChI=1S/C9H6O3S/c1-6-7(2-3-9(11)12)4-8(5-10)13-6/h4-5H,1H3,(H,11,12). The molecule has 0 amide bonds. The van der Waals surface area contributed by atoms with Crippen molar-refractivity contribution >= 4 is 23.6 Å². The summed E-state index contributed by atoms with van der Waals surface area (Å²) < 4.78 is 0. The lowest BCUT2D eigenvalue weighted by Crippen LogP contribution is -1.86. The molecule has 1 aromatic heterocycles. The Hall–Kier alpha value is -1.60. The molecule has 0 radical (unpaired) electrons. The quantitative estimate of drug-likeness (QED) is 0.541. The predicted molar refractivity (Wildman–Crippen MR) is 49.0 cm³/mol. The third-order valence-corrected chi connectivity index (χ3v) is 2.33. The van der Waals surface area contributed by atoms with Gasteiger partial charge in [-0.25, -0.2) is 4.79 Å². The van der Waals surface area contributed by atoms with Crippen LogP contribution >= 0.6 is 11.3 Å². The molecule has 3 nitrogen and oxygen atoms in total. The summed E-state index contributed by atoms with van der Waals surface area (Å²) in [6, 6.07) is 1.59. The number of carbonyl (C=O) groups is 2. The summed E-state index contributed by atoms with van der Waals surface area (Å²) in [5, 5.41) is 8.29. The van der Waals surface area contributed by atoms with Crippen LogP contribution in [0.15, 0.2) is 6.07 Å². The van der Waals surface area contributed by atoms with Gasteiger partial charge in [0.1, 0.15) is 0 Å². The zero-order chi connectivity index (χ0) is 9.84. The van der Waals surface area contributed by atoms with Gasteiger partial charge in [-0.15, -0.1) is 11.3 Å². The molecule has 0 bridgehead atoms. The van der Waals surface area contributed by atoms with Gasteiger partial charge in [0.15, 0.2) is 6.29 Å². The van der Waals surface area contributed by atoms with Gasteiger partial charge in [-0.05, 0) is 13.0 Å². The van der Waals surface area contributed by atoms with Gasteiger partial charge in [-0.3, -0.25) is 4.79 Å². The third-order valence-electron chi connectivity index (χ3n) is 1.36. The maximum Gasteiger partial charge on any atom is 0.382 e. The Morgan fingerprint density at radius 2 is 2.38 bits per heavy atom. The summed E-state index contributed by atoms with van der Waals surface area (Å²) in [4.78, 5) is 21.9. The van der Waals surface area contributed by atoms with Crippen molar-refractivity contribution in [3.63, 3.8) is 0 Å². The average Bonchev–Trinajstić information content (AvgIpc) is 2.43. The maximum absolute atomic E-state index is 10.4. The van der Waals surface area contributed by atoms with E-state index in [-0.39, 0.29) is 0 Å². The van der Waals surface area contributed by atoms with Crippen molar-refractivity contribution in [1.29, 1.82) is 0 Å². The largest absolute Gasteiger partial charge is 0.472 e. The first-order chi connectivity index (χ1) is 6.13. The van der Waals surface area contributed by atoms with Crippen molar-refractivity contribution in [2.24, 2.45) is 0 Å². The van der Waals surface area contributed by atoms with Gasteiger partial charge in [0.05, 0.1) is 4.88 Å². The summed E-state index contributed by atoms with van der Waals surface area (Å²) in [5.74, 6) is 3.30. The van der Waals surface area contributed by atoms with Crippen molar-refractivity contribution in [3.8, 4) is 11.8 Å². The minimum Gasteiger partial charge on any atom is -0.472 e. The molecule has 0 atom stereocenters. The van der Waals surface area contributed by atoms with Crippen LogP contribution in [0.1, 0.15) is 20.1 Å². The molecule has 0 aromatic carbocycles. The number of thiophene rings is 1. The highest BCUT2D eigenvalue weighted by Gasteiger charge is 2.01. The molecule has 1 N–H and O–H groups in total. The fraction of sp³-hybridized carbons (Fsp3) is 0.111. The van der Waals surface area contributed by atoms with E-state index in [2.05, 4.69) is 5.92 Å². The van der Waals surface area contributed by atoms with E-state index in [1.54, 1.807) is 13.0 Å². The number of carboxylic acids is 1. The third kappa shape index (κ3) is 2.42. The second-order valence-electron chi connectivity index (χ2n) is 2.29. The molecular weight excluding hydrogens is 188 g/mol. The van der Waals surface area contributed by atoms with E-state index in [4.69, 9.17) is 5.11 Å². The molecule has 0 spiro atoms. The summed E-state index contributed by atoms with van der Waals surface area (Å²) in [6.45, 7) is 1.80. The summed E-state index contributed by atoms with van der Waals surface area (Å²) in [6.07, 6.45) is 0.726. The van der Waals surface area contributed by atoms with Crippen molar-refractivity contribution < 1.29 is 14.7 Å². The molecule has 0 aliphatic carbocycles. The van der Waals surface area contributed by atoms with E-state index in [1.165, 1.54) is 11.3 Å². The van der Waals surface area contributed by atoms with Crippen LogP contribution in [0, 0.1) is 18.8 Å². The molecule has 1 rings (SSSR count). The Balaban J connectivity index is 3.03. The molecule has 4 heteroatoms. The van der Waals surface area contributed by atoms with Crippen LogP contribution in [0.25, 0.3) is 0 Å². The smallest absolute Gasteiger partial charge is 0.382 e. The second-order valence-corrected chi connectivity index (χ2v) is 3.58. The maximum atomic E-state index is 10.4. The van der Waals surface area contributed by atoms with Gasteiger partial charge in [-0.1, -0.05) is 5.92 Å². The number of carbonyl (C=O) groups excluding carboxylic acids is 1. The van der Waals surface area contributed by atoms with E-state index >= 15 is 0 Å². The zero-order valence-corrected chi connectivity index (χ0v) is 7.64. The lowest BCUT2D eigenvalue weighted by atomic mass is 10.2. The van der Waals surface area contributed by atoms with E-state index < -0.39 is 5.97 Å². The van der Waals surface area contributed by atoms with Crippen molar-refractivity contribution in [2.75, 3.05) is 0 Å². The fourth-order valence-electron chi connectivity index (χ4n) is 0.808. The van der Waals surface area contributed by atoms with Crippen LogP contribution in [0.5, 0.6) is 0 Å². The highest BCUT2D eigenvalue weighted by atomic mass is 32.1. The Morgan fingerprint density at radius 1 is 1.69 bits per heavy atom. The highest BCUT2D eigenvalue weighted by molar-refractivity contribution is 7.13. The van der Waals surface area contributed by atoms with E-state index in [0.717, 1.165) is 11.2 Å². The first-order valence-corrected chi connectivity index (χ1v) is 4.25. The summed E-state index contributed by atoms with van der Waals surface area (Å²) in [5.41, 5.74) is 0.606. The van der Waals surface area contributed by atoms with Crippen molar-refractivity contribution in [2.45, 2.75) is 6.92 Å². The minimum absolute atomic E-state index is 0.562. The Kier molecular flexibility index (Phi) is 2.83. The Morgan fingerprint density at radius 3 is 2.85 bits per heavy atom.